The van der Waals surface area contributed by atoms with E-state index < -0.39 is 11.9 Å². The van der Waals surface area contributed by atoms with Crippen LogP contribution in [0.5, 0.6) is 0 Å². The van der Waals surface area contributed by atoms with Gasteiger partial charge in [0.1, 0.15) is 0 Å². The maximum Gasteiger partial charge on any atom is 0.331 e. The van der Waals surface area contributed by atoms with E-state index >= 15 is 0 Å². The molecule has 0 aliphatic rings. The number of aromatic nitrogens is 2. The first kappa shape index (κ1) is 20.4. The zero-order chi connectivity index (χ0) is 20.6. The Bertz CT molecular complexity index is 1010. The number of hydrogen-bond acceptors (Lipinski definition) is 5. The van der Waals surface area contributed by atoms with Crippen LogP contribution < -0.4 is 5.32 Å². The maximum absolute atomic E-state index is 12.2. The molecule has 3 aromatic rings. The van der Waals surface area contributed by atoms with Gasteiger partial charge in [-0.25, -0.2) is 9.48 Å². The summed E-state index contributed by atoms with van der Waals surface area (Å²) < 4.78 is 6.77. The van der Waals surface area contributed by atoms with E-state index in [-0.39, 0.29) is 6.61 Å². The minimum atomic E-state index is -0.572. The molecule has 148 valence electrons. The van der Waals surface area contributed by atoms with Crippen LogP contribution in [0.4, 0.5) is 5.69 Å². The fraction of sp³-hybridized carbons (Fsp3) is 0.136. The smallest absolute Gasteiger partial charge is 0.331 e. The fourth-order valence-electron chi connectivity index (χ4n) is 2.67. The predicted octanol–water partition coefficient (Wildman–Crippen LogP) is 4.28. The molecule has 0 radical (unpaired) electrons. The summed E-state index contributed by atoms with van der Waals surface area (Å²) in [5.74, 6) is -0.988. The van der Waals surface area contributed by atoms with Crippen molar-refractivity contribution in [1.82, 2.24) is 9.78 Å². The lowest BCUT2D eigenvalue weighted by atomic mass is 10.3. The van der Waals surface area contributed by atoms with Crippen molar-refractivity contribution in [3.8, 4) is 5.69 Å². The molecule has 1 aromatic heterocycles. The zero-order valence-corrected chi connectivity index (χ0v) is 17.0. The molecular formula is C22H21N3O3S. The van der Waals surface area contributed by atoms with Crippen LogP contribution in [-0.4, -0.2) is 28.3 Å². The number of nitrogens with zero attached hydrogens (tertiary/aromatic N) is 2. The molecular weight excluding hydrogens is 386 g/mol. The largest absolute Gasteiger partial charge is 0.452 e. The van der Waals surface area contributed by atoms with E-state index in [0.29, 0.717) is 11.4 Å². The van der Waals surface area contributed by atoms with Crippen LogP contribution >= 0.6 is 11.8 Å². The van der Waals surface area contributed by atoms with Crippen molar-refractivity contribution in [2.24, 2.45) is 0 Å². The van der Waals surface area contributed by atoms with Crippen LogP contribution in [0.15, 0.2) is 77.0 Å². The highest BCUT2D eigenvalue weighted by Crippen LogP contribution is 2.22. The summed E-state index contributed by atoms with van der Waals surface area (Å²) in [6, 6.07) is 19.3. The van der Waals surface area contributed by atoms with E-state index in [0.717, 1.165) is 16.3 Å². The minimum absolute atomic E-state index is 0.366. The molecule has 0 fully saturated rings. The lowest BCUT2D eigenvalue weighted by Crippen LogP contribution is -2.20. The quantitative estimate of drug-likeness (QED) is 0.360. The molecule has 0 aliphatic heterocycles. The Morgan fingerprint density at radius 3 is 2.41 bits per heavy atom. The van der Waals surface area contributed by atoms with Gasteiger partial charge in [-0.2, -0.15) is 5.10 Å². The molecule has 0 spiro atoms. The first-order valence-electron chi connectivity index (χ1n) is 9.01. The molecule has 6 nitrogen and oxygen atoms in total. The van der Waals surface area contributed by atoms with Crippen molar-refractivity contribution in [3.63, 3.8) is 0 Å². The van der Waals surface area contributed by atoms with Crippen molar-refractivity contribution in [3.05, 3.63) is 83.5 Å². The van der Waals surface area contributed by atoms with Gasteiger partial charge in [0.05, 0.1) is 22.8 Å². The molecule has 0 bridgehead atoms. The van der Waals surface area contributed by atoms with Gasteiger partial charge in [0.2, 0.25) is 0 Å². The zero-order valence-electron chi connectivity index (χ0n) is 16.2. The average Bonchev–Trinajstić information content (AvgIpc) is 3.02. The van der Waals surface area contributed by atoms with E-state index in [1.165, 1.54) is 17.8 Å². The van der Waals surface area contributed by atoms with E-state index in [2.05, 4.69) is 10.4 Å². The Labute approximate surface area is 173 Å². The van der Waals surface area contributed by atoms with E-state index in [9.17, 15) is 9.59 Å². The number of hydrogen-bond donors (Lipinski definition) is 1. The highest BCUT2D eigenvalue weighted by molar-refractivity contribution is 8.02. The first-order chi connectivity index (χ1) is 14.0. The van der Waals surface area contributed by atoms with E-state index in [1.807, 2.05) is 74.5 Å². The third kappa shape index (κ3) is 5.58. The topological polar surface area (TPSA) is 73.2 Å². The second-order valence-electron chi connectivity index (χ2n) is 6.18. The number of benzene rings is 2. The number of ether oxygens (including phenoxy) is 1. The summed E-state index contributed by atoms with van der Waals surface area (Å²) in [7, 11) is 0. The number of aryl methyl sites for hydroxylation is 1. The van der Waals surface area contributed by atoms with Gasteiger partial charge < -0.3 is 10.1 Å². The number of amides is 1. The summed E-state index contributed by atoms with van der Waals surface area (Å²) in [4.78, 5) is 25.0. The molecule has 0 atom stereocenters. The summed E-state index contributed by atoms with van der Waals surface area (Å²) in [5.41, 5.74) is 3.00. The number of rotatable bonds is 7. The maximum atomic E-state index is 12.2. The van der Waals surface area contributed by atoms with Crippen LogP contribution in [0, 0.1) is 13.8 Å². The molecule has 0 aliphatic carbocycles. The number of esters is 1. The molecule has 7 heteroatoms. The van der Waals surface area contributed by atoms with E-state index in [1.54, 1.807) is 10.1 Å². The Morgan fingerprint density at radius 1 is 1.07 bits per heavy atom. The number of carbonyl (C=O) groups excluding carboxylic acids is 2. The van der Waals surface area contributed by atoms with Gasteiger partial charge in [0.15, 0.2) is 6.61 Å². The Balaban J connectivity index is 1.53. The minimum Gasteiger partial charge on any atom is -0.452 e. The lowest BCUT2D eigenvalue weighted by molar-refractivity contribution is -0.142. The van der Waals surface area contributed by atoms with Crippen molar-refractivity contribution in [1.29, 1.82) is 0 Å². The van der Waals surface area contributed by atoms with Gasteiger partial charge in [-0.3, -0.25) is 4.79 Å². The average molecular weight is 407 g/mol. The van der Waals surface area contributed by atoms with Crippen LogP contribution in [0.25, 0.3) is 5.69 Å². The van der Waals surface area contributed by atoms with Crippen LogP contribution in [0.2, 0.25) is 0 Å². The summed E-state index contributed by atoms with van der Waals surface area (Å²) in [6.07, 6.45) is 1.30. The Hall–Kier alpha value is -3.32. The highest BCUT2D eigenvalue weighted by atomic mass is 32.2. The third-order valence-corrected chi connectivity index (χ3v) is 4.87. The molecule has 29 heavy (non-hydrogen) atoms. The first-order valence-corrected chi connectivity index (χ1v) is 9.89. The number of anilines is 1. The van der Waals surface area contributed by atoms with Gasteiger partial charge in [-0.05, 0) is 43.5 Å². The SMILES string of the molecule is Cc1nn(-c2ccccc2)c(C)c1NC(=O)COC(=O)/C=C/Sc1ccccc1. The monoisotopic (exact) mass is 407 g/mol. The van der Waals surface area contributed by atoms with Crippen molar-refractivity contribution in [2.75, 3.05) is 11.9 Å². The predicted molar refractivity (Wildman–Crippen MR) is 114 cm³/mol. The fourth-order valence-corrected chi connectivity index (χ4v) is 3.32. The highest BCUT2D eigenvalue weighted by Gasteiger charge is 2.15. The van der Waals surface area contributed by atoms with Crippen molar-refractivity contribution >= 4 is 29.3 Å². The van der Waals surface area contributed by atoms with Crippen molar-refractivity contribution < 1.29 is 14.3 Å². The third-order valence-electron chi connectivity index (χ3n) is 4.05. The second kappa shape index (κ2) is 9.75. The summed E-state index contributed by atoms with van der Waals surface area (Å²) >= 11 is 1.40. The van der Waals surface area contributed by atoms with Gasteiger partial charge in [-0.15, -0.1) is 0 Å². The van der Waals surface area contributed by atoms with Crippen LogP contribution in [-0.2, 0) is 14.3 Å². The van der Waals surface area contributed by atoms with Gasteiger partial charge in [0.25, 0.3) is 5.91 Å². The number of thioether (sulfide) groups is 1. The molecule has 1 N–H and O–H groups in total. The summed E-state index contributed by atoms with van der Waals surface area (Å²) in [5, 5.41) is 8.89. The molecule has 1 heterocycles. The molecule has 0 saturated carbocycles. The number of nitrogens with one attached hydrogen (secondary N) is 1. The molecule has 3 rings (SSSR count). The Kier molecular flexibility index (Phi) is 6.86. The molecule has 2 aromatic carbocycles. The normalized spacial score (nSPS) is 10.8. The molecule has 0 saturated heterocycles. The molecule has 1 amide bonds. The number of carbonyl (C=O) groups is 2. The lowest BCUT2D eigenvalue weighted by Gasteiger charge is -2.07. The molecule has 0 unspecified atom stereocenters. The van der Waals surface area contributed by atoms with Gasteiger partial charge >= 0.3 is 5.97 Å². The van der Waals surface area contributed by atoms with Gasteiger partial charge in [-0.1, -0.05) is 48.2 Å². The Morgan fingerprint density at radius 2 is 1.72 bits per heavy atom. The second-order valence-corrected chi connectivity index (χ2v) is 7.16. The van der Waals surface area contributed by atoms with E-state index in [4.69, 9.17) is 4.74 Å². The number of para-hydroxylation sites is 1. The van der Waals surface area contributed by atoms with Gasteiger partial charge in [0, 0.05) is 11.0 Å². The standard InChI is InChI=1S/C22H21N3O3S/c1-16-22(17(2)25(24-16)18-9-5-3-6-10-18)23-20(26)15-28-21(27)13-14-29-19-11-7-4-8-12-19/h3-14H,15H2,1-2H3,(H,23,26)/b14-13+. The van der Waals surface area contributed by atoms with Crippen LogP contribution in [0.1, 0.15) is 11.4 Å². The van der Waals surface area contributed by atoms with Crippen LogP contribution in [0.3, 0.4) is 0 Å². The van der Waals surface area contributed by atoms with Crippen molar-refractivity contribution in [2.45, 2.75) is 18.7 Å². The summed E-state index contributed by atoms with van der Waals surface area (Å²) in [6.45, 7) is 3.32.